The van der Waals surface area contributed by atoms with Crippen molar-refractivity contribution >= 4 is 79.0 Å². The van der Waals surface area contributed by atoms with Crippen LogP contribution in [-0.4, -0.2) is 66.9 Å². The minimum atomic E-state index is -1.32. The van der Waals surface area contributed by atoms with Gasteiger partial charge in [0.2, 0.25) is 0 Å². The Kier molecular flexibility index (Phi) is 11.3. The predicted molar refractivity (Wildman–Crippen MR) is 211 cm³/mol. The van der Waals surface area contributed by atoms with Crippen LogP contribution in [0.25, 0.3) is 43.4 Å². The molecule has 2 atom stereocenters. The van der Waals surface area contributed by atoms with Crippen LogP contribution in [0.5, 0.6) is 0 Å². The van der Waals surface area contributed by atoms with E-state index in [0.29, 0.717) is 48.9 Å². The van der Waals surface area contributed by atoms with Gasteiger partial charge in [0.05, 0.1) is 50.4 Å². The molecular formula is C44H28N4O12. The van der Waals surface area contributed by atoms with Gasteiger partial charge in [-0.1, -0.05) is 72.8 Å². The van der Waals surface area contributed by atoms with E-state index >= 15 is 0 Å². The topological polar surface area (TPSA) is 260 Å². The van der Waals surface area contributed by atoms with Crippen LogP contribution in [0.1, 0.15) is 82.4 Å². The zero-order valence-corrected chi connectivity index (χ0v) is 31.9. The number of nitriles is 2. The van der Waals surface area contributed by atoms with Gasteiger partial charge in [-0.05, 0) is 18.1 Å². The highest BCUT2D eigenvalue weighted by molar-refractivity contribution is 6.33. The fourth-order valence-electron chi connectivity index (χ4n) is 7.54. The summed E-state index contributed by atoms with van der Waals surface area (Å²) in [6.45, 7) is 1.66. The SMILES string of the molecule is COC(=O)C(C#N)c1cccc2c1C(=O)c1cccc(C(C)C#N)c1C2=O.COC(=O)c1c(=O)[nH]c2c3cccc4c(C(=O)OC)c(=O)[nH]c(c5cccc1c52)c43.O=C=O. The van der Waals surface area contributed by atoms with Gasteiger partial charge < -0.3 is 24.2 Å². The average Bonchev–Trinajstić information content (AvgIpc) is 3.26. The van der Waals surface area contributed by atoms with Crippen molar-refractivity contribution in [3.8, 4) is 12.1 Å². The van der Waals surface area contributed by atoms with Crippen LogP contribution in [0.15, 0.2) is 82.4 Å². The molecule has 2 unspecified atom stereocenters. The Labute approximate surface area is 336 Å². The Morgan fingerprint density at radius 1 is 0.583 bits per heavy atom. The number of nitrogens with one attached hydrogen (secondary N) is 2. The van der Waals surface area contributed by atoms with E-state index in [4.69, 9.17) is 19.1 Å². The molecule has 0 saturated heterocycles. The third-order valence-electron chi connectivity index (χ3n) is 10.1. The summed E-state index contributed by atoms with van der Waals surface area (Å²) in [6, 6.07) is 23.5. The first-order valence-corrected chi connectivity index (χ1v) is 17.6. The standard InChI is InChI=1S/C22H14N2O6.C21H14N2O4.CO2/c1-29-21(27)15-9-5-3-7-11-13(9)17(23-19(15)25)12-8-4-6-10-14(12)18(11)24-20(26)16(10)22(28)30-2;1-11(9-22)12-5-3-7-14-17(12)19(24)15-8-4-6-13(18(15)20(14)25)16(10-23)21(26)27-2;2-1-3/h3-8H,1-2H3,(H,23,25)(H,24,26);3-8,11,16H,1-2H3;. The van der Waals surface area contributed by atoms with Crippen LogP contribution in [-0.2, 0) is 28.6 Å². The highest BCUT2D eigenvalue weighted by Gasteiger charge is 2.37. The summed E-state index contributed by atoms with van der Waals surface area (Å²) in [5.74, 6) is -5.04. The summed E-state index contributed by atoms with van der Waals surface area (Å²) in [5, 5.41) is 21.9. The molecular weight excluding hydrogens is 776 g/mol. The van der Waals surface area contributed by atoms with E-state index in [1.165, 1.54) is 38.5 Å². The average molecular weight is 805 g/mol. The summed E-state index contributed by atoms with van der Waals surface area (Å²) in [5.41, 5.74) is 0.759. The number of carbonyl (C=O) groups is 5. The fourth-order valence-corrected chi connectivity index (χ4v) is 7.54. The van der Waals surface area contributed by atoms with Gasteiger partial charge in [0, 0.05) is 54.6 Å². The first-order chi connectivity index (χ1) is 28.8. The second-order valence-electron chi connectivity index (χ2n) is 13.1. The smallest absolute Gasteiger partial charge is 0.373 e. The Bertz CT molecular complexity index is 3110. The number of aromatic nitrogens is 2. The van der Waals surface area contributed by atoms with Crippen molar-refractivity contribution < 1.29 is 47.8 Å². The van der Waals surface area contributed by atoms with Gasteiger partial charge in [0.1, 0.15) is 11.1 Å². The van der Waals surface area contributed by atoms with Gasteiger partial charge in [-0.25, -0.2) is 9.59 Å². The number of esters is 3. The lowest BCUT2D eigenvalue weighted by molar-refractivity contribution is -0.191. The molecule has 0 fully saturated rings. The maximum absolute atomic E-state index is 13.2. The number of nitrogens with zero attached hydrogens (tertiary/aromatic N) is 2. The largest absolute Gasteiger partial charge is 0.468 e. The maximum atomic E-state index is 13.2. The molecule has 296 valence electrons. The number of methoxy groups -OCH3 is 3. The summed E-state index contributed by atoms with van der Waals surface area (Å²) in [7, 11) is 3.57. The number of hydrogen-bond acceptors (Lipinski definition) is 14. The Balaban J connectivity index is 0.000000190. The molecule has 7 aromatic rings. The van der Waals surface area contributed by atoms with E-state index in [1.54, 1.807) is 55.5 Å². The Hall–Kier alpha value is -8.59. The lowest BCUT2D eigenvalue weighted by Gasteiger charge is -2.23. The minimum Gasteiger partial charge on any atom is -0.468 e. The van der Waals surface area contributed by atoms with Crippen molar-refractivity contribution in [3.63, 3.8) is 0 Å². The van der Waals surface area contributed by atoms with Gasteiger partial charge in [0.15, 0.2) is 17.5 Å². The first kappa shape index (κ1) is 41.1. The molecule has 0 spiro atoms. The molecule has 0 saturated carbocycles. The zero-order valence-electron chi connectivity index (χ0n) is 31.9. The van der Waals surface area contributed by atoms with Crippen molar-refractivity contribution in [2.45, 2.75) is 18.8 Å². The molecule has 2 N–H and O–H groups in total. The van der Waals surface area contributed by atoms with E-state index in [9.17, 15) is 44.1 Å². The van der Waals surface area contributed by atoms with Crippen LogP contribution < -0.4 is 11.1 Å². The molecule has 0 amide bonds. The number of benzene rings is 5. The third kappa shape index (κ3) is 6.51. The van der Waals surface area contributed by atoms with Crippen molar-refractivity contribution in [1.82, 2.24) is 9.97 Å². The number of pyridine rings is 2. The molecule has 8 rings (SSSR count). The molecule has 2 heterocycles. The molecule has 16 heteroatoms. The van der Waals surface area contributed by atoms with Crippen molar-refractivity contribution in [3.05, 3.63) is 138 Å². The van der Waals surface area contributed by atoms with Crippen LogP contribution >= 0.6 is 0 Å². The predicted octanol–water partition coefficient (Wildman–Crippen LogP) is 4.97. The van der Waals surface area contributed by atoms with E-state index in [0.717, 1.165) is 7.11 Å². The van der Waals surface area contributed by atoms with Gasteiger partial charge in [-0.2, -0.15) is 20.1 Å². The lowest BCUT2D eigenvalue weighted by Crippen LogP contribution is -2.26. The number of rotatable bonds is 5. The van der Waals surface area contributed by atoms with E-state index in [2.05, 4.69) is 20.8 Å². The maximum Gasteiger partial charge on any atom is 0.373 e. The molecule has 2 aromatic heterocycles. The van der Waals surface area contributed by atoms with E-state index in [-0.39, 0.29) is 45.1 Å². The quantitative estimate of drug-likeness (QED) is 0.101. The van der Waals surface area contributed by atoms with Crippen molar-refractivity contribution in [2.75, 3.05) is 21.3 Å². The summed E-state index contributed by atoms with van der Waals surface area (Å²) in [4.78, 5) is 110. The number of hydrogen-bond donors (Lipinski definition) is 2. The lowest BCUT2D eigenvalue weighted by atomic mass is 9.76. The van der Waals surface area contributed by atoms with Crippen LogP contribution in [0.2, 0.25) is 0 Å². The number of ether oxygens (including phenoxy) is 3. The highest BCUT2D eigenvalue weighted by atomic mass is 16.5. The van der Waals surface area contributed by atoms with Gasteiger partial charge in [-0.3, -0.25) is 24.0 Å². The minimum absolute atomic E-state index is 0.0358. The second-order valence-corrected chi connectivity index (χ2v) is 13.1. The van der Waals surface area contributed by atoms with Gasteiger partial charge in [-0.15, -0.1) is 0 Å². The number of fused-ring (bicyclic) bond motifs is 4. The van der Waals surface area contributed by atoms with Gasteiger partial charge >= 0.3 is 24.1 Å². The van der Waals surface area contributed by atoms with Crippen molar-refractivity contribution in [1.29, 1.82) is 10.5 Å². The Morgan fingerprint density at radius 3 is 1.38 bits per heavy atom. The summed E-state index contributed by atoms with van der Waals surface area (Å²) >= 11 is 0. The number of carbonyl (C=O) groups excluding carboxylic acids is 7. The molecule has 0 radical (unpaired) electrons. The van der Waals surface area contributed by atoms with E-state index in [1.807, 2.05) is 6.07 Å². The molecule has 60 heavy (non-hydrogen) atoms. The van der Waals surface area contributed by atoms with E-state index < -0.39 is 52.4 Å². The third-order valence-corrected chi connectivity index (χ3v) is 10.1. The molecule has 0 aliphatic heterocycles. The summed E-state index contributed by atoms with van der Waals surface area (Å²) in [6.07, 6.45) is 0.250. The number of ketones is 2. The molecule has 5 aromatic carbocycles. The highest BCUT2D eigenvalue weighted by Crippen LogP contribution is 2.39. The zero-order chi connectivity index (χ0) is 43.6. The fraction of sp³-hybridized carbons (Fsp3) is 0.136. The molecule has 1 aliphatic rings. The number of H-pyrrole nitrogens is 2. The van der Waals surface area contributed by atoms with Crippen LogP contribution in [0.3, 0.4) is 0 Å². The first-order valence-electron chi connectivity index (χ1n) is 17.6. The molecule has 0 bridgehead atoms. The molecule has 16 nitrogen and oxygen atoms in total. The second kappa shape index (κ2) is 16.5. The van der Waals surface area contributed by atoms with Crippen LogP contribution in [0, 0.1) is 22.7 Å². The van der Waals surface area contributed by atoms with Crippen molar-refractivity contribution in [2.24, 2.45) is 0 Å². The number of aromatic amines is 2. The molecule has 1 aliphatic carbocycles. The van der Waals surface area contributed by atoms with Crippen LogP contribution in [0.4, 0.5) is 0 Å². The Morgan fingerprint density at radius 2 is 0.983 bits per heavy atom. The normalized spacial score (nSPS) is 12.3. The van der Waals surface area contributed by atoms with Gasteiger partial charge in [0.25, 0.3) is 11.1 Å². The monoisotopic (exact) mass is 804 g/mol. The summed E-state index contributed by atoms with van der Waals surface area (Å²) < 4.78 is 14.2.